The van der Waals surface area contributed by atoms with Crippen LogP contribution in [0, 0.1) is 6.92 Å². The van der Waals surface area contributed by atoms with Gasteiger partial charge in [0.05, 0.1) is 43.9 Å². The maximum absolute atomic E-state index is 12.6. The first-order valence-electron chi connectivity index (χ1n) is 8.43. The number of aryl methyl sites for hydroxylation is 1. The highest BCUT2D eigenvalue weighted by Crippen LogP contribution is 2.12. The Balaban J connectivity index is 1.62. The highest BCUT2D eigenvalue weighted by molar-refractivity contribution is 5.77. The summed E-state index contributed by atoms with van der Waals surface area (Å²) in [5.41, 5.74) is 1.50. The lowest BCUT2D eigenvalue weighted by Gasteiger charge is -2.15. The normalized spacial score (nSPS) is 12.3. The van der Waals surface area contributed by atoms with Crippen LogP contribution < -0.4 is 10.3 Å². The van der Waals surface area contributed by atoms with Crippen LogP contribution >= 0.6 is 0 Å². The van der Waals surface area contributed by atoms with E-state index in [0.29, 0.717) is 23.3 Å². The van der Waals surface area contributed by atoms with Gasteiger partial charge in [-0.25, -0.2) is 4.98 Å². The molecule has 3 rings (SSSR count). The Kier molecular flexibility index (Phi) is 5.65. The highest BCUT2D eigenvalue weighted by Gasteiger charge is 2.12. The van der Waals surface area contributed by atoms with E-state index in [0.717, 1.165) is 11.3 Å². The van der Waals surface area contributed by atoms with E-state index in [4.69, 9.17) is 9.47 Å². The van der Waals surface area contributed by atoms with Gasteiger partial charge in [0.25, 0.3) is 5.56 Å². The molecule has 1 unspecified atom stereocenters. The van der Waals surface area contributed by atoms with Crippen LogP contribution in [-0.2, 0) is 17.9 Å². The summed E-state index contributed by atoms with van der Waals surface area (Å²) in [6.07, 6.45) is -0.799. The molecule has 1 N–H and O–H groups in total. The lowest BCUT2D eigenvalue weighted by atomic mass is 10.2. The van der Waals surface area contributed by atoms with E-state index in [1.807, 2.05) is 36.4 Å². The Morgan fingerprint density at radius 3 is 2.62 bits per heavy atom. The molecule has 0 aliphatic carbocycles. The summed E-state index contributed by atoms with van der Waals surface area (Å²) in [6, 6.07) is 14.7. The second kappa shape index (κ2) is 8.12. The van der Waals surface area contributed by atoms with Crippen LogP contribution in [-0.4, -0.2) is 34.5 Å². The average molecular weight is 354 g/mol. The number of methoxy groups -OCH3 is 1. The van der Waals surface area contributed by atoms with Gasteiger partial charge in [-0.05, 0) is 36.8 Å². The molecule has 6 heteroatoms. The van der Waals surface area contributed by atoms with Crippen molar-refractivity contribution in [3.05, 3.63) is 70.3 Å². The molecule has 0 aliphatic rings. The summed E-state index contributed by atoms with van der Waals surface area (Å²) in [5, 5.41) is 10.8. The van der Waals surface area contributed by atoms with Crippen LogP contribution in [0.25, 0.3) is 10.9 Å². The highest BCUT2D eigenvalue weighted by atomic mass is 16.5. The molecule has 136 valence electrons. The van der Waals surface area contributed by atoms with Gasteiger partial charge in [0.2, 0.25) is 0 Å². The van der Waals surface area contributed by atoms with Gasteiger partial charge >= 0.3 is 0 Å². The summed E-state index contributed by atoms with van der Waals surface area (Å²) in [6.45, 7) is 2.42. The molecule has 0 saturated carbocycles. The van der Waals surface area contributed by atoms with E-state index < -0.39 is 6.10 Å². The van der Waals surface area contributed by atoms with Crippen molar-refractivity contribution in [3.63, 3.8) is 0 Å². The average Bonchev–Trinajstić information content (AvgIpc) is 2.66. The predicted molar refractivity (Wildman–Crippen MR) is 99.4 cm³/mol. The van der Waals surface area contributed by atoms with Gasteiger partial charge in [0.1, 0.15) is 11.6 Å². The number of aliphatic hydroxyl groups is 1. The molecule has 0 aliphatic heterocycles. The number of hydrogen-bond donors (Lipinski definition) is 1. The Labute approximate surface area is 151 Å². The number of nitrogens with zero attached hydrogens (tertiary/aromatic N) is 2. The third-order valence-corrected chi connectivity index (χ3v) is 4.18. The second-order valence-electron chi connectivity index (χ2n) is 6.11. The minimum absolute atomic E-state index is 0.130. The fourth-order valence-electron chi connectivity index (χ4n) is 2.79. The second-order valence-corrected chi connectivity index (χ2v) is 6.11. The van der Waals surface area contributed by atoms with Gasteiger partial charge < -0.3 is 14.6 Å². The zero-order valence-electron chi connectivity index (χ0n) is 14.9. The number of rotatable bonds is 7. The van der Waals surface area contributed by atoms with E-state index in [1.165, 1.54) is 4.57 Å². The number of fused-ring (bicyclic) bond motifs is 1. The lowest BCUT2D eigenvalue weighted by Crippen LogP contribution is -2.31. The molecular weight excluding hydrogens is 332 g/mol. The molecule has 1 aromatic heterocycles. The third-order valence-electron chi connectivity index (χ3n) is 4.18. The molecule has 0 radical (unpaired) electrons. The topological polar surface area (TPSA) is 73.6 Å². The zero-order chi connectivity index (χ0) is 18.5. The number of ether oxygens (including phenoxy) is 2. The van der Waals surface area contributed by atoms with Gasteiger partial charge in [0.15, 0.2) is 0 Å². The summed E-state index contributed by atoms with van der Waals surface area (Å²) < 4.78 is 12.2. The van der Waals surface area contributed by atoms with Crippen LogP contribution in [0.4, 0.5) is 0 Å². The van der Waals surface area contributed by atoms with Crippen molar-refractivity contribution >= 4 is 10.9 Å². The number of para-hydroxylation sites is 1. The molecule has 0 amide bonds. The maximum atomic E-state index is 12.6. The van der Waals surface area contributed by atoms with Crippen molar-refractivity contribution in [2.45, 2.75) is 26.2 Å². The van der Waals surface area contributed by atoms with Gasteiger partial charge in [-0.3, -0.25) is 9.36 Å². The predicted octanol–water partition coefficient (Wildman–Crippen LogP) is 2.29. The summed E-state index contributed by atoms with van der Waals surface area (Å²) in [5.74, 6) is 1.36. The largest absolute Gasteiger partial charge is 0.497 e. The zero-order valence-corrected chi connectivity index (χ0v) is 14.9. The summed E-state index contributed by atoms with van der Waals surface area (Å²) >= 11 is 0. The van der Waals surface area contributed by atoms with Gasteiger partial charge in [0, 0.05) is 0 Å². The van der Waals surface area contributed by atoms with Crippen molar-refractivity contribution in [3.8, 4) is 5.75 Å². The molecule has 1 heterocycles. The molecule has 2 aromatic carbocycles. The number of benzene rings is 2. The standard InChI is InChI=1S/C20H22N2O4/c1-14-21-19-6-4-3-5-18(19)20(24)22(14)11-16(23)13-26-12-15-7-9-17(25-2)10-8-15/h3-10,16,23H,11-13H2,1-2H3. The SMILES string of the molecule is COc1ccc(COCC(O)Cn2c(C)nc3ccccc3c2=O)cc1. The molecule has 1 atom stereocenters. The van der Waals surface area contributed by atoms with Crippen LogP contribution in [0.15, 0.2) is 53.3 Å². The van der Waals surface area contributed by atoms with Gasteiger partial charge in [-0.1, -0.05) is 24.3 Å². The van der Waals surface area contributed by atoms with Crippen LogP contribution in [0.5, 0.6) is 5.75 Å². The first-order valence-corrected chi connectivity index (χ1v) is 8.43. The fourth-order valence-corrected chi connectivity index (χ4v) is 2.79. The van der Waals surface area contributed by atoms with Crippen molar-refractivity contribution in [1.82, 2.24) is 9.55 Å². The van der Waals surface area contributed by atoms with Crippen LogP contribution in [0.1, 0.15) is 11.4 Å². The van der Waals surface area contributed by atoms with Crippen LogP contribution in [0.2, 0.25) is 0 Å². The molecule has 0 saturated heterocycles. The molecule has 3 aromatic rings. The first-order chi connectivity index (χ1) is 12.6. The van der Waals surface area contributed by atoms with Gasteiger partial charge in [-0.2, -0.15) is 0 Å². The molecule has 0 spiro atoms. The van der Waals surface area contributed by atoms with Crippen molar-refractivity contribution in [1.29, 1.82) is 0 Å². The fraction of sp³-hybridized carbons (Fsp3) is 0.300. The molecule has 6 nitrogen and oxygen atoms in total. The first kappa shape index (κ1) is 18.1. The molecular formula is C20H22N2O4. The summed E-state index contributed by atoms with van der Waals surface area (Å²) in [4.78, 5) is 17.0. The van der Waals surface area contributed by atoms with E-state index >= 15 is 0 Å². The van der Waals surface area contributed by atoms with E-state index in [-0.39, 0.29) is 18.7 Å². The monoisotopic (exact) mass is 354 g/mol. The van der Waals surface area contributed by atoms with Crippen molar-refractivity contribution in [2.75, 3.05) is 13.7 Å². The number of aliphatic hydroxyl groups excluding tert-OH is 1. The molecule has 0 fully saturated rings. The third kappa shape index (κ3) is 4.09. The van der Waals surface area contributed by atoms with Crippen molar-refractivity contribution < 1.29 is 14.6 Å². The molecule has 26 heavy (non-hydrogen) atoms. The Morgan fingerprint density at radius 1 is 1.15 bits per heavy atom. The minimum atomic E-state index is -0.799. The minimum Gasteiger partial charge on any atom is -0.497 e. The van der Waals surface area contributed by atoms with E-state index in [1.54, 1.807) is 26.2 Å². The number of aromatic nitrogens is 2. The quantitative estimate of drug-likeness (QED) is 0.705. The maximum Gasteiger partial charge on any atom is 0.261 e. The van der Waals surface area contributed by atoms with Gasteiger partial charge in [-0.15, -0.1) is 0 Å². The number of hydrogen-bond acceptors (Lipinski definition) is 5. The van der Waals surface area contributed by atoms with Crippen LogP contribution in [0.3, 0.4) is 0 Å². The Bertz CT molecular complexity index is 935. The summed E-state index contributed by atoms with van der Waals surface area (Å²) in [7, 11) is 1.62. The van der Waals surface area contributed by atoms with Crippen molar-refractivity contribution in [2.24, 2.45) is 0 Å². The Morgan fingerprint density at radius 2 is 1.88 bits per heavy atom. The smallest absolute Gasteiger partial charge is 0.261 e. The molecule has 0 bridgehead atoms. The van der Waals surface area contributed by atoms with E-state index in [2.05, 4.69) is 4.98 Å². The van der Waals surface area contributed by atoms with E-state index in [9.17, 15) is 9.90 Å². The Hall–Kier alpha value is -2.70. The lowest BCUT2D eigenvalue weighted by molar-refractivity contribution is 0.0195.